The van der Waals surface area contributed by atoms with E-state index in [0.717, 1.165) is 41.9 Å². The third-order valence-corrected chi connectivity index (χ3v) is 14.1. The zero-order valence-electron chi connectivity index (χ0n) is 41.9. The van der Waals surface area contributed by atoms with Crippen molar-refractivity contribution in [1.82, 2.24) is 44.9 Å². The molecular formula is C53H64N12O8. The van der Waals surface area contributed by atoms with Gasteiger partial charge in [-0.3, -0.25) is 43.5 Å². The zero-order valence-corrected chi connectivity index (χ0v) is 41.9. The number of hydrogen-bond acceptors (Lipinski definition) is 13. The summed E-state index contributed by atoms with van der Waals surface area (Å²) in [7, 11) is 1.49. The second-order valence-electron chi connectivity index (χ2n) is 20.3. The minimum Gasteiger partial charge on any atom is -0.495 e. The van der Waals surface area contributed by atoms with Crippen molar-refractivity contribution in [1.29, 1.82) is 0 Å². The number of methoxy groups -OCH3 is 1. The summed E-state index contributed by atoms with van der Waals surface area (Å²) in [5.74, 6) is 1.76. The van der Waals surface area contributed by atoms with E-state index in [-0.39, 0.29) is 85.7 Å². The molecule has 2 aromatic carbocycles. The molecule has 5 aromatic rings. The maximum absolute atomic E-state index is 14.0. The van der Waals surface area contributed by atoms with Crippen LogP contribution in [-0.4, -0.2) is 135 Å². The van der Waals surface area contributed by atoms with Crippen LogP contribution in [0.1, 0.15) is 111 Å². The highest BCUT2D eigenvalue weighted by Crippen LogP contribution is 2.38. The summed E-state index contributed by atoms with van der Waals surface area (Å²) in [6.45, 7) is 9.46. The van der Waals surface area contributed by atoms with Crippen LogP contribution in [0, 0.1) is 0 Å². The first-order valence-corrected chi connectivity index (χ1v) is 25.2. The molecule has 0 spiro atoms. The molecule has 1 saturated carbocycles. The topological polar surface area (TPSA) is 243 Å². The van der Waals surface area contributed by atoms with Crippen molar-refractivity contribution in [2.24, 2.45) is 0 Å². The Morgan fingerprint density at radius 2 is 1.70 bits per heavy atom. The molecule has 20 nitrogen and oxygen atoms in total. The Hall–Kier alpha value is -7.61. The molecule has 3 aliphatic heterocycles. The minimum absolute atomic E-state index is 0.0224. The second kappa shape index (κ2) is 21.6. The lowest BCUT2D eigenvalue weighted by Gasteiger charge is -2.35. The molecule has 4 aliphatic rings. The molecule has 0 unspecified atom stereocenters. The molecule has 1 aliphatic carbocycles. The van der Waals surface area contributed by atoms with Crippen LogP contribution in [0.5, 0.6) is 5.75 Å². The fourth-order valence-corrected chi connectivity index (χ4v) is 10.1. The second-order valence-corrected chi connectivity index (χ2v) is 20.3. The maximum atomic E-state index is 14.0. The lowest BCUT2D eigenvalue weighted by molar-refractivity contribution is -0.132. The standard InChI is InChI=1S/C53H64N12O8/c1-53(2,3)41-31-42(60-73-41)57-45(68)28-33-11-13-34(14-12-33)47-48-49(54)55-32-38-10-5-6-20-62(22-17-43(66)56-37-9-7-8-35(29-37)50(59-47)65(38)48)46(69)19-21-61-24-26-63(27-25-61)51(70)36-15-16-40(72-4)39(30-36)64-23-18-44(67)58-52(64)71/h5,10-16,30-32,35,37H,6-9,17-29H2,1-4H3,(H2,54,55)(H,56,66)(H,57,60,68)(H,58,67,71)/b10-5+/t35-,37-/m1/s1. The number of nitrogens with zero attached hydrogens (tertiary/aromatic N) is 8. The van der Waals surface area contributed by atoms with E-state index in [9.17, 15) is 28.8 Å². The number of fused-ring (bicyclic) bond motifs is 3. The molecule has 7 amide bonds. The number of aromatic nitrogens is 4. The number of imide groups is 1. The molecule has 3 fully saturated rings. The van der Waals surface area contributed by atoms with E-state index < -0.39 is 6.03 Å². The molecule has 20 heteroatoms. The van der Waals surface area contributed by atoms with Crippen molar-refractivity contribution in [3.63, 3.8) is 0 Å². The van der Waals surface area contributed by atoms with Gasteiger partial charge in [-0.05, 0) is 55.5 Å². The highest BCUT2D eigenvalue weighted by atomic mass is 16.5. The van der Waals surface area contributed by atoms with Crippen molar-refractivity contribution >= 4 is 64.5 Å². The normalized spacial score (nSPS) is 19.7. The Labute approximate surface area is 423 Å². The molecular weight excluding hydrogens is 933 g/mol. The molecule has 73 heavy (non-hydrogen) atoms. The number of nitrogens with one attached hydrogen (secondary N) is 3. The number of anilines is 3. The molecule has 2 saturated heterocycles. The van der Waals surface area contributed by atoms with Crippen LogP contribution in [0.25, 0.3) is 22.9 Å². The summed E-state index contributed by atoms with van der Waals surface area (Å²) >= 11 is 0. The van der Waals surface area contributed by atoms with Crippen LogP contribution in [-0.2, 0) is 31.0 Å². The number of nitrogens with two attached hydrogens (primary N) is 1. The van der Waals surface area contributed by atoms with E-state index in [2.05, 4.69) is 35.4 Å². The van der Waals surface area contributed by atoms with Gasteiger partial charge in [0.25, 0.3) is 5.91 Å². The van der Waals surface area contributed by atoms with Gasteiger partial charge in [-0.1, -0.05) is 62.7 Å². The van der Waals surface area contributed by atoms with Crippen LogP contribution in [0.3, 0.4) is 0 Å². The van der Waals surface area contributed by atoms with E-state index in [0.29, 0.717) is 97.7 Å². The molecule has 3 aromatic heterocycles. The lowest BCUT2D eigenvalue weighted by Crippen LogP contribution is -2.50. The quantitative estimate of drug-likeness (QED) is 0.135. The smallest absolute Gasteiger partial charge is 0.328 e. The maximum Gasteiger partial charge on any atom is 0.328 e. The van der Waals surface area contributed by atoms with E-state index >= 15 is 0 Å². The number of ether oxygens (including phenoxy) is 1. The largest absolute Gasteiger partial charge is 0.495 e. The predicted octanol–water partition coefficient (Wildman–Crippen LogP) is 5.53. The summed E-state index contributed by atoms with van der Waals surface area (Å²) in [5, 5.41) is 12.4. The van der Waals surface area contributed by atoms with Crippen LogP contribution >= 0.6 is 0 Å². The molecule has 6 heterocycles. The number of urea groups is 1. The zero-order chi connectivity index (χ0) is 51.4. The van der Waals surface area contributed by atoms with Crippen LogP contribution < -0.4 is 31.3 Å². The van der Waals surface area contributed by atoms with Gasteiger partial charge in [0.05, 0.1) is 31.1 Å². The number of amides is 7. The van der Waals surface area contributed by atoms with Gasteiger partial charge < -0.3 is 35.4 Å². The van der Waals surface area contributed by atoms with Crippen LogP contribution in [0.15, 0.2) is 65.3 Å². The summed E-state index contributed by atoms with van der Waals surface area (Å²) in [4.78, 5) is 95.7. The Bertz CT molecular complexity index is 2930. The van der Waals surface area contributed by atoms with E-state index in [1.807, 2.05) is 57.2 Å². The third kappa shape index (κ3) is 11.5. The van der Waals surface area contributed by atoms with Crippen LogP contribution in [0.4, 0.5) is 22.1 Å². The van der Waals surface area contributed by atoms with Crippen molar-refractivity contribution in [3.8, 4) is 17.0 Å². The Kier molecular flexibility index (Phi) is 14.9. The summed E-state index contributed by atoms with van der Waals surface area (Å²) < 4.78 is 13.0. The number of nitrogen functional groups attached to an aromatic ring is 1. The summed E-state index contributed by atoms with van der Waals surface area (Å²) in [5.41, 5.74) is 11.0. The highest BCUT2D eigenvalue weighted by Gasteiger charge is 2.32. The average Bonchev–Trinajstić information content (AvgIpc) is 4.03. The van der Waals surface area contributed by atoms with Crippen molar-refractivity contribution < 1.29 is 38.0 Å². The van der Waals surface area contributed by atoms with Gasteiger partial charge in [0.2, 0.25) is 23.6 Å². The van der Waals surface area contributed by atoms with E-state index in [1.165, 1.54) is 12.0 Å². The van der Waals surface area contributed by atoms with Gasteiger partial charge in [0.1, 0.15) is 34.4 Å². The number of benzene rings is 2. The van der Waals surface area contributed by atoms with Gasteiger partial charge in [-0.25, -0.2) is 14.8 Å². The predicted molar refractivity (Wildman–Crippen MR) is 274 cm³/mol. The monoisotopic (exact) mass is 996 g/mol. The molecule has 384 valence electrons. The number of piperazine rings is 1. The fourth-order valence-electron chi connectivity index (χ4n) is 10.1. The Balaban J connectivity index is 0.855. The SMILES string of the molecule is COc1ccc(C(=O)N2CCN(CCC(=O)N3CC/C=C/c4cnc(N)c5c(-c6ccc(CC(=O)Nc7cc(C(C)(C)C)on7)cc6)nc(n45)[C@@H]4CCC[C@H](C4)NC(=O)CC3)CC2)cc1N1CCC(=O)NC1=O. The summed E-state index contributed by atoms with van der Waals surface area (Å²) in [6.07, 6.45) is 10.3. The first kappa shape index (κ1) is 50.3. The van der Waals surface area contributed by atoms with Gasteiger partial charge in [-0.15, -0.1) is 0 Å². The first-order chi connectivity index (χ1) is 35.1. The average molecular weight is 997 g/mol. The van der Waals surface area contributed by atoms with Gasteiger partial charge in [0.15, 0.2) is 5.82 Å². The first-order valence-electron chi connectivity index (χ1n) is 25.2. The van der Waals surface area contributed by atoms with Crippen LogP contribution in [0.2, 0.25) is 0 Å². The molecule has 2 atom stereocenters. The number of hydrogen-bond donors (Lipinski definition) is 4. The summed E-state index contributed by atoms with van der Waals surface area (Å²) in [6, 6.07) is 13.8. The van der Waals surface area contributed by atoms with Crippen molar-refractivity contribution in [2.45, 2.75) is 95.9 Å². The molecule has 2 bridgehead atoms. The highest BCUT2D eigenvalue weighted by molar-refractivity contribution is 6.07. The molecule has 0 radical (unpaired) electrons. The van der Waals surface area contributed by atoms with Gasteiger partial charge in [-0.2, -0.15) is 0 Å². The number of rotatable bonds is 10. The lowest BCUT2D eigenvalue weighted by atomic mass is 9.85. The Morgan fingerprint density at radius 1 is 0.918 bits per heavy atom. The third-order valence-electron chi connectivity index (χ3n) is 14.1. The van der Waals surface area contributed by atoms with Crippen molar-refractivity contribution in [2.75, 3.05) is 75.4 Å². The van der Waals surface area contributed by atoms with Crippen molar-refractivity contribution in [3.05, 3.63) is 89.2 Å². The molecule has 9 rings (SSSR count). The number of carbonyl (C=O) groups excluding carboxylic acids is 6. The molecule has 5 N–H and O–H groups in total. The fraction of sp³-hybridized carbons (Fsp3) is 0.453. The van der Waals surface area contributed by atoms with E-state index in [1.54, 1.807) is 40.3 Å². The van der Waals surface area contributed by atoms with Gasteiger partial charge >= 0.3 is 6.03 Å². The minimum atomic E-state index is -0.565. The number of imidazole rings is 1. The Morgan fingerprint density at radius 3 is 2.44 bits per heavy atom. The number of carbonyl (C=O) groups is 6. The van der Waals surface area contributed by atoms with E-state index in [4.69, 9.17) is 20.0 Å². The van der Waals surface area contributed by atoms with Gasteiger partial charge in [0, 0.05) is 106 Å².